The third-order valence-corrected chi connectivity index (χ3v) is 3.47. The minimum Gasteiger partial charge on any atom is -0.484 e. The number of nitrogens with two attached hydrogens (primary N) is 1. The van der Waals surface area contributed by atoms with Crippen molar-refractivity contribution >= 4 is 0 Å². The molecule has 2 rings (SSSR count). The van der Waals surface area contributed by atoms with Crippen LogP contribution in [0.1, 0.15) is 36.1 Å². The van der Waals surface area contributed by atoms with Crippen LogP contribution in [0.3, 0.4) is 0 Å². The van der Waals surface area contributed by atoms with Crippen LogP contribution in [-0.2, 0) is 0 Å². The number of pyridine rings is 1. The molecular formula is C17H19N3O. The Morgan fingerprint density at radius 1 is 1.29 bits per heavy atom. The molecule has 108 valence electrons. The first kappa shape index (κ1) is 15.0. The summed E-state index contributed by atoms with van der Waals surface area (Å²) in [6.07, 6.45) is 3.99. The number of aryl methyl sites for hydroxylation is 1. The van der Waals surface area contributed by atoms with Crippen LogP contribution in [0.2, 0.25) is 0 Å². The molecule has 0 saturated heterocycles. The highest BCUT2D eigenvalue weighted by atomic mass is 16.5. The fourth-order valence-corrected chi connectivity index (χ4v) is 2.10. The Morgan fingerprint density at radius 3 is 2.62 bits per heavy atom. The number of hydrogen-bond acceptors (Lipinski definition) is 4. The quantitative estimate of drug-likeness (QED) is 0.914. The van der Waals surface area contributed by atoms with Gasteiger partial charge in [-0.1, -0.05) is 13.0 Å². The van der Waals surface area contributed by atoms with Gasteiger partial charge < -0.3 is 10.5 Å². The first-order valence-electron chi connectivity index (χ1n) is 6.98. The minimum atomic E-state index is -0.259. The zero-order chi connectivity index (χ0) is 15.2. The lowest BCUT2D eigenvalue weighted by Gasteiger charge is -2.25. The molecule has 2 N–H and O–H groups in total. The normalized spacial score (nSPS) is 13.2. The maximum absolute atomic E-state index is 9.02. The average Bonchev–Trinajstić information content (AvgIpc) is 2.54. The molecule has 2 aromatic rings. The Bertz CT molecular complexity index is 634. The van der Waals surface area contributed by atoms with Crippen molar-refractivity contribution < 1.29 is 4.74 Å². The monoisotopic (exact) mass is 281 g/mol. The van der Waals surface area contributed by atoms with E-state index in [-0.39, 0.29) is 12.1 Å². The Kier molecular flexibility index (Phi) is 4.91. The lowest BCUT2D eigenvalue weighted by Crippen LogP contribution is -2.31. The zero-order valence-corrected chi connectivity index (χ0v) is 12.3. The molecule has 0 aliphatic heterocycles. The fraction of sp³-hybridized carbons (Fsp3) is 0.294. The van der Waals surface area contributed by atoms with Crippen LogP contribution in [0.5, 0.6) is 5.75 Å². The SMILES string of the molecule is CCC(N)C(Oc1cc(C#N)ccc1C)c1ccncc1. The number of nitriles is 1. The summed E-state index contributed by atoms with van der Waals surface area (Å²) in [6.45, 7) is 3.98. The number of rotatable bonds is 5. The van der Waals surface area contributed by atoms with Gasteiger partial charge in [-0.25, -0.2) is 0 Å². The number of ether oxygens (including phenoxy) is 1. The lowest BCUT2D eigenvalue weighted by atomic mass is 10.0. The summed E-state index contributed by atoms with van der Waals surface area (Å²) in [7, 11) is 0. The van der Waals surface area contributed by atoms with E-state index in [2.05, 4.69) is 11.1 Å². The topological polar surface area (TPSA) is 71.9 Å². The molecule has 4 nitrogen and oxygen atoms in total. The largest absolute Gasteiger partial charge is 0.484 e. The molecule has 2 unspecified atom stereocenters. The number of aromatic nitrogens is 1. The maximum Gasteiger partial charge on any atom is 0.139 e. The van der Waals surface area contributed by atoms with Crippen molar-refractivity contribution in [2.75, 3.05) is 0 Å². The molecular weight excluding hydrogens is 262 g/mol. The van der Waals surface area contributed by atoms with Crippen LogP contribution in [-0.4, -0.2) is 11.0 Å². The third-order valence-electron chi connectivity index (χ3n) is 3.47. The van der Waals surface area contributed by atoms with Gasteiger partial charge in [0.05, 0.1) is 11.6 Å². The standard InChI is InChI=1S/C17H19N3O/c1-3-15(19)17(14-6-8-20-9-7-14)21-16-10-13(11-18)5-4-12(16)2/h4-10,15,17H,3,19H2,1-2H3. The highest BCUT2D eigenvalue weighted by molar-refractivity contribution is 5.42. The van der Waals surface area contributed by atoms with Crippen LogP contribution in [0.15, 0.2) is 42.7 Å². The van der Waals surface area contributed by atoms with Crippen molar-refractivity contribution in [3.05, 3.63) is 59.4 Å². The van der Waals surface area contributed by atoms with Gasteiger partial charge in [0, 0.05) is 18.4 Å². The summed E-state index contributed by atoms with van der Waals surface area (Å²) >= 11 is 0. The Labute approximate surface area is 125 Å². The van der Waals surface area contributed by atoms with Crippen molar-refractivity contribution in [3.8, 4) is 11.8 Å². The predicted octanol–water partition coefficient (Wildman–Crippen LogP) is 3.12. The molecule has 1 aromatic carbocycles. The molecule has 0 amide bonds. The average molecular weight is 281 g/mol. The Hall–Kier alpha value is -2.38. The van der Waals surface area contributed by atoms with E-state index in [4.69, 9.17) is 15.7 Å². The van der Waals surface area contributed by atoms with Crippen molar-refractivity contribution in [2.45, 2.75) is 32.4 Å². The molecule has 0 saturated carbocycles. The van der Waals surface area contributed by atoms with E-state index in [9.17, 15) is 0 Å². The summed E-state index contributed by atoms with van der Waals surface area (Å²) in [6, 6.07) is 11.2. The Balaban J connectivity index is 2.34. The van der Waals surface area contributed by atoms with Gasteiger partial charge in [0.2, 0.25) is 0 Å². The zero-order valence-electron chi connectivity index (χ0n) is 12.3. The van der Waals surface area contributed by atoms with Gasteiger partial charge >= 0.3 is 0 Å². The summed E-state index contributed by atoms with van der Waals surface area (Å²) < 4.78 is 6.12. The smallest absolute Gasteiger partial charge is 0.139 e. The lowest BCUT2D eigenvalue weighted by molar-refractivity contribution is 0.170. The predicted molar refractivity (Wildman–Crippen MR) is 81.8 cm³/mol. The first-order valence-corrected chi connectivity index (χ1v) is 6.98. The summed E-state index contributed by atoms with van der Waals surface area (Å²) in [5, 5.41) is 9.02. The summed E-state index contributed by atoms with van der Waals surface area (Å²) in [5.41, 5.74) is 8.76. The molecule has 1 aromatic heterocycles. The van der Waals surface area contributed by atoms with Crippen molar-refractivity contribution in [1.29, 1.82) is 5.26 Å². The van der Waals surface area contributed by atoms with E-state index < -0.39 is 0 Å². The number of nitrogens with zero attached hydrogens (tertiary/aromatic N) is 2. The van der Waals surface area contributed by atoms with Gasteiger partial charge in [0.15, 0.2) is 0 Å². The molecule has 0 bridgehead atoms. The van der Waals surface area contributed by atoms with Crippen molar-refractivity contribution in [1.82, 2.24) is 4.98 Å². The van der Waals surface area contributed by atoms with E-state index >= 15 is 0 Å². The fourth-order valence-electron chi connectivity index (χ4n) is 2.10. The highest BCUT2D eigenvalue weighted by Gasteiger charge is 2.21. The second kappa shape index (κ2) is 6.87. The molecule has 0 aliphatic rings. The maximum atomic E-state index is 9.02. The second-order valence-electron chi connectivity index (χ2n) is 4.98. The summed E-state index contributed by atoms with van der Waals surface area (Å²) in [4.78, 5) is 4.03. The van der Waals surface area contributed by atoms with Gasteiger partial charge in [-0.2, -0.15) is 5.26 Å². The van der Waals surface area contributed by atoms with E-state index in [1.54, 1.807) is 24.5 Å². The van der Waals surface area contributed by atoms with Gasteiger partial charge in [-0.05, 0) is 48.7 Å². The molecule has 2 atom stereocenters. The minimum absolute atomic E-state index is 0.127. The molecule has 0 aliphatic carbocycles. The van der Waals surface area contributed by atoms with Gasteiger partial charge in [0.25, 0.3) is 0 Å². The molecule has 0 fully saturated rings. The van der Waals surface area contributed by atoms with Crippen LogP contribution in [0.25, 0.3) is 0 Å². The van der Waals surface area contributed by atoms with Gasteiger partial charge in [-0.15, -0.1) is 0 Å². The van der Waals surface area contributed by atoms with Gasteiger partial charge in [-0.3, -0.25) is 4.98 Å². The number of benzene rings is 1. The molecule has 1 heterocycles. The highest BCUT2D eigenvalue weighted by Crippen LogP contribution is 2.28. The van der Waals surface area contributed by atoms with E-state index in [0.717, 1.165) is 17.5 Å². The van der Waals surface area contributed by atoms with Gasteiger partial charge in [0.1, 0.15) is 11.9 Å². The van der Waals surface area contributed by atoms with Crippen molar-refractivity contribution in [3.63, 3.8) is 0 Å². The first-order chi connectivity index (χ1) is 10.2. The van der Waals surface area contributed by atoms with E-state index in [0.29, 0.717) is 11.3 Å². The molecule has 0 radical (unpaired) electrons. The Morgan fingerprint density at radius 2 is 2.00 bits per heavy atom. The van der Waals surface area contributed by atoms with Crippen LogP contribution in [0, 0.1) is 18.3 Å². The second-order valence-corrected chi connectivity index (χ2v) is 4.98. The molecule has 0 spiro atoms. The van der Waals surface area contributed by atoms with Crippen LogP contribution < -0.4 is 10.5 Å². The number of hydrogen-bond donors (Lipinski definition) is 1. The summed E-state index contributed by atoms with van der Waals surface area (Å²) in [5.74, 6) is 0.694. The third kappa shape index (κ3) is 3.59. The molecule has 4 heteroatoms. The van der Waals surface area contributed by atoms with Crippen LogP contribution in [0.4, 0.5) is 0 Å². The molecule has 21 heavy (non-hydrogen) atoms. The van der Waals surface area contributed by atoms with E-state index in [1.807, 2.05) is 32.0 Å². The van der Waals surface area contributed by atoms with Crippen LogP contribution >= 0.6 is 0 Å². The van der Waals surface area contributed by atoms with Crippen molar-refractivity contribution in [2.24, 2.45) is 5.73 Å². The van der Waals surface area contributed by atoms with E-state index in [1.165, 1.54) is 0 Å².